The van der Waals surface area contributed by atoms with Gasteiger partial charge in [-0.2, -0.15) is 25.3 Å². The fourth-order valence-electron chi connectivity index (χ4n) is 1.84. The van der Waals surface area contributed by atoms with Crippen molar-refractivity contribution in [3.8, 4) is 5.75 Å². The number of phenols is 1. The van der Waals surface area contributed by atoms with E-state index < -0.39 is 29.9 Å². The number of aldehydes is 1. The average molecular weight is 371 g/mol. The van der Waals surface area contributed by atoms with Gasteiger partial charge < -0.3 is 26.3 Å². The first-order chi connectivity index (χ1) is 11.4. The SMILES string of the molecule is N[C@@H](CS)C(=O)N[C@@H](Cc1ccc(O)cc1)C(=O)N[C@H](C=O)CS. The van der Waals surface area contributed by atoms with Crippen LogP contribution in [0.3, 0.4) is 0 Å². The third kappa shape index (κ3) is 6.42. The third-order valence-electron chi connectivity index (χ3n) is 3.23. The Morgan fingerprint density at radius 1 is 1.12 bits per heavy atom. The molecule has 2 amide bonds. The highest BCUT2D eigenvalue weighted by molar-refractivity contribution is 7.80. The van der Waals surface area contributed by atoms with Gasteiger partial charge in [-0.1, -0.05) is 12.1 Å². The summed E-state index contributed by atoms with van der Waals surface area (Å²) in [4.78, 5) is 35.2. The Balaban J connectivity index is 2.88. The van der Waals surface area contributed by atoms with Gasteiger partial charge in [-0.25, -0.2) is 0 Å². The lowest BCUT2D eigenvalue weighted by molar-refractivity contribution is -0.130. The Morgan fingerprint density at radius 2 is 1.75 bits per heavy atom. The van der Waals surface area contributed by atoms with Crippen LogP contribution >= 0.6 is 25.3 Å². The number of carbonyl (C=O) groups excluding carboxylic acids is 3. The molecule has 0 saturated carbocycles. The van der Waals surface area contributed by atoms with Crippen molar-refractivity contribution in [2.75, 3.05) is 11.5 Å². The van der Waals surface area contributed by atoms with Gasteiger partial charge in [-0.3, -0.25) is 9.59 Å². The van der Waals surface area contributed by atoms with Crippen molar-refractivity contribution in [2.24, 2.45) is 5.73 Å². The Hall–Kier alpha value is -1.71. The summed E-state index contributed by atoms with van der Waals surface area (Å²) in [6.07, 6.45) is 0.749. The Labute approximate surface area is 151 Å². The van der Waals surface area contributed by atoms with E-state index >= 15 is 0 Å². The fraction of sp³-hybridized carbons (Fsp3) is 0.400. The predicted molar refractivity (Wildman–Crippen MR) is 97.4 cm³/mol. The number of nitrogens with one attached hydrogen (secondary N) is 2. The minimum atomic E-state index is -0.921. The Bertz CT molecular complexity index is 568. The number of hydrogen-bond acceptors (Lipinski definition) is 7. The summed E-state index contributed by atoms with van der Waals surface area (Å²) in [7, 11) is 0. The zero-order chi connectivity index (χ0) is 18.1. The second-order valence-electron chi connectivity index (χ2n) is 5.15. The number of benzene rings is 1. The van der Waals surface area contributed by atoms with Crippen LogP contribution in [0.15, 0.2) is 24.3 Å². The first kappa shape index (κ1) is 20.3. The van der Waals surface area contributed by atoms with E-state index in [1.54, 1.807) is 12.1 Å². The van der Waals surface area contributed by atoms with Gasteiger partial charge in [-0.05, 0) is 17.7 Å². The van der Waals surface area contributed by atoms with E-state index in [-0.39, 0.29) is 23.7 Å². The first-order valence-electron chi connectivity index (χ1n) is 7.22. The molecule has 0 aliphatic heterocycles. The zero-order valence-electron chi connectivity index (χ0n) is 12.9. The number of thiol groups is 2. The molecule has 1 aromatic rings. The number of amides is 2. The van der Waals surface area contributed by atoms with Crippen LogP contribution in [0.4, 0.5) is 0 Å². The lowest BCUT2D eigenvalue weighted by atomic mass is 10.0. The van der Waals surface area contributed by atoms with Gasteiger partial charge in [0.2, 0.25) is 11.8 Å². The van der Waals surface area contributed by atoms with E-state index in [1.807, 2.05) is 0 Å². The van der Waals surface area contributed by atoms with E-state index in [1.165, 1.54) is 12.1 Å². The summed E-state index contributed by atoms with van der Waals surface area (Å²) in [6, 6.07) is 3.71. The highest BCUT2D eigenvalue weighted by atomic mass is 32.1. The summed E-state index contributed by atoms with van der Waals surface area (Å²) in [5, 5.41) is 14.4. The molecule has 7 nitrogen and oxygen atoms in total. The number of rotatable bonds is 9. The molecule has 0 aromatic heterocycles. The van der Waals surface area contributed by atoms with Crippen molar-refractivity contribution in [1.82, 2.24) is 10.6 Å². The molecule has 3 atom stereocenters. The lowest BCUT2D eigenvalue weighted by Crippen LogP contribution is -2.55. The van der Waals surface area contributed by atoms with Crippen LogP contribution in [0, 0.1) is 0 Å². The maximum absolute atomic E-state index is 12.4. The molecule has 24 heavy (non-hydrogen) atoms. The minimum Gasteiger partial charge on any atom is -0.508 e. The van der Waals surface area contributed by atoms with E-state index in [0.29, 0.717) is 6.29 Å². The zero-order valence-corrected chi connectivity index (χ0v) is 14.7. The molecule has 1 aromatic carbocycles. The Morgan fingerprint density at radius 3 is 2.25 bits per heavy atom. The van der Waals surface area contributed by atoms with Crippen LogP contribution in [-0.4, -0.2) is 52.8 Å². The van der Waals surface area contributed by atoms with Gasteiger partial charge >= 0.3 is 0 Å². The summed E-state index contributed by atoms with van der Waals surface area (Å²) in [5.41, 5.74) is 6.33. The summed E-state index contributed by atoms with van der Waals surface area (Å²) in [6.45, 7) is 0. The molecule has 0 heterocycles. The molecule has 1 rings (SSSR count). The van der Waals surface area contributed by atoms with Crippen LogP contribution in [0.5, 0.6) is 5.75 Å². The second-order valence-corrected chi connectivity index (χ2v) is 5.88. The van der Waals surface area contributed by atoms with Crippen molar-refractivity contribution in [1.29, 1.82) is 0 Å². The molecule has 0 fully saturated rings. The van der Waals surface area contributed by atoms with Crippen LogP contribution in [-0.2, 0) is 20.8 Å². The Kier molecular flexibility index (Phi) is 8.66. The number of phenolic OH excluding ortho intramolecular Hbond substituents is 1. The van der Waals surface area contributed by atoms with E-state index in [2.05, 4.69) is 35.9 Å². The van der Waals surface area contributed by atoms with Gasteiger partial charge in [0.25, 0.3) is 0 Å². The minimum absolute atomic E-state index is 0.0944. The average Bonchev–Trinajstić information content (AvgIpc) is 2.59. The van der Waals surface area contributed by atoms with Gasteiger partial charge in [-0.15, -0.1) is 0 Å². The van der Waals surface area contributed by atoms with E-state index in [9.17, 15) is 19.5 Å². The molecule has 9 heteroatoms. The first-order valence-corrected chi connectivity index (χ1v) is 8.49. The van der Waals surface area contributed by atoms with Crippen LogP contribution < -0.4 is 16.4 Å². The van der Waals surface area contributed by atoms with Crippen molar-refractivity contribution >= 4 is 43.4 Å². The predicted octanol–water partition coefficient (Wildman–Crippen LogP) is -0.710. The van der Waals surface area contributed by atoms with Crippen molar-refractivity contribution in [3.05, 3.63) is 29.8 Å². The van der Waals surface area contributed by atoms with Crippen molar-refractivity contribution in [3.63, 3.8) is 0 Å². The van der Waals surface area contributed by atoms with E-state index in [4.69, 9.17) is 5.73 Å². The highest BCUT2D eigenvalue weighted by Crippen LogP contribution is 2.11. The normalized spacial score (nSPS) is 14.3. The fourth-order valence-corrected chi connectivity index (χ4v) is 2.19. The smallest absolute Gasteiger partial charge is 0.243 e. The molecule has 132 valence electrons. The number of carbonyl (C=O) groups is 3. The standard InChI is InChI=1S/C15H21N3O4S2/c16-12(8-24)14(21)18-13(15(22)17-10(6-19)7-23)5-9-1-3-11(20)4-2-9/h1-4,6,10,12-13,20,23-24H,5,7-8,16H2,(H,17,22)(H,18,21)/t10-,12+,13+/m1/s1. The highest BCUT2D eigenvalue weighted by Gasteiger charge is 2.25. The van der Waals surface area contributed by atoms with Crippen molar-refractivity contribution < 1.29 is 19.5 Å². The molecule has 0 bridgehead atoms. The lowest BCUT2D eigenvalue weighted by Gasteiger charge is -2.21. The summed E-state index contributed by atoms with van der Waals surface area (Å²) in [5.74, 6) is -0.665. The van der Waals surface area contributed by atoms with Crippen LogP contribution in [0.2, 0.25) is 0 Å². The molecule has 0 aliphatic carbocycles. The largest absolute Gasteiger partial charge is 0.508 e. The molecule has 5 N–H and O–H groups in total. The quantitative estimate of drug-likeness (QED) is 0.253. The maximum Gasteiger partial charge on any atom is 0.243 e. The molecular weight excluding hydrogens is 350 g/mol. The molecule has 0 spiro atoms. The van der Waals surface area contributed by atoms with Gasteiger partial charge in [0.1, 0.15) is 18.1 Å². The van der Waals surface area contributed by atoms with Gasteiger partial charge in [0.05, 0.1) is 12.1 Å². The monoisotopic (exact) mass is 371 g/mol. The summed E-state index contributed by atoms with van der Waals surface area (Å²) >= 11 is 7.93. The topological polar surface area (TPSA) is 122 Å². The second kappa shape index (κ2) is 10.2. The van der Waals surface area contributed by atoms with Gasteiger partial charge in [0.15, 0.2) is 0 Å². The molecular formula is C15H21N3O4S2. The van der Waals surface area contributed by atoms with E-state index in [0.717, 1.165) is 5.56 Å². The molecule has 0 aliphatic rings. The van der Waals surface area contributed by atoms with Crippen molar-refractivity contribution in [2.45, 2.75) is 24.5 Å². The molecule has 0 saturated heterocycles. The molecule has 0 unspecified atom stereocenters. The number of hydrogen-bond donors (Lipinski definition) is 6. The number of nitrogens with two attached hydrogens (primary N) is 1. The molecule has 0 radical (unpaired) electrons. The van der Waals surface area contributed by atoms with Gasteiger partial charge in [0, 0.05) is 17.9 Å². The maximum atomic E-state index is 12.4. The van der Waals surface area contributed by atoms with Crippen LogP contribution in [0.25, 0.3) is 0 Å². The summed E-state index contributed by atoms with van der Waals surface area (Å²) < 4.78 is 0. The third-order valence-corrected chi connectivity index (χ3v) is 4.02. The number of aromatic hydroxyl groups is 1. The van der Waals surface area contributed by atoms with Crippen LogP contribution in [0.1, 0.15) is 5.56 Å².